The van der Waals surface area contributed by atoms with Crippen molar-refractivity contribution in [2.45, 2.75) is 14.7 Å². The zero-order chi connectivity index (χ0) is 16.3. The van der Waals surface area contributed by atoms with Gasteiger partial charge in [-0.15, -0.1) is 11.7 Å². The van der Waals surface area contributed by atoms with Crippen LogP contribution < -0.4 is 5.73 Å². The Morgan fingerprint density at radius 2 is 1.22 bits per heavy atom. The van der Waals surface area contributed by atoms with Crippen molar-refractivity contribution in [1.29, 1.82) is 0 Å². The lowest BCUT2D eigenvalue weighted by molar-refractivity contribution is 1.26. The normalized spacial score (nSPS) is 9.78. The summed E-state index contributed by atoms with van der Waals surface area (Å²) in [6.45, 7) is 0. The Hall–Kier alpha value is -1.28. The molecule has 0 aliphatic rings. The van der Waals surface area contributed by atoms with E-state index in [1.54, 1.807) is 46.4 Å². The second-order valence-electron chi connectivity index (χ2n) is 4.16. The summed E-state index contributed by atoms with van der Waals surface area (Å²) in [5.74, 6) is 0. The molecule has 0 saturated carbocycles. The van der Waals surface area contributed by atoms with Gasteiger partial charge in [-0.05, 0) is 36.4 Å². The van der Waals surface area contributed by atoms with E-state index < -0.39 is 0 Å². The van der Waals surface area contributed by atoms with Crippen molar-refractivity contribution in [3.8, 4) is 0 Å². The van der Waals surface area contributed by atoms with Gasteiger partial charge in [-0.25, -0.2) is 0 Å². The molecule has 23 heavy (non-hydrogen) atoms. The topological polar surface area (TPSA) is 51.8 Å². The van der Waals surface area contributed by atoms with E-state index in [1.807, 2.05) is 48.5 Å². The number of hydrogen-bond acceptors (Lipinski definition) is 7. The average Bonchev–Trinajstić information content (AvgIpc) is 2.63. The van der Waals surface area contributed by atoms with Crippen LogP contribution in [0.5, 0.6) is 0 Å². The van der Waals surface area contributed by atoms with Gasteiger partial charge in [0.2, 0.25) is 0 Å². The van der Waals surface area contributed by atoms with Crippen LogP contribution in [0.25, 0.3) is 0 Å². The number of nitrogens with two attached hydrogens (primary N) is 1. The highest BCUT2D eigenvalue weighted by molar-refractivity contribution is 8.76. The van der Waals surface area contributed by atoms with E-state index in [4.69, 9.17) is 5.73 Å². The summed E-state index contributed by atoms with van der Waals surface area (Å²) in [4.78, 5) is 11.4. The number of para-hydroxylation sites is 1. The first-order valence-electron chi connectivity index (χ1n) is 6.60. The molecule has 0 saturated heterocycles. The number of aromatic nitrogens is 2. The van der Waals surface area contributed by atoms with Crippen LogP contribution in [-0.2, 0) is 0 Å². The number of nitrogens with zero attached hydrogens (tertiary/aromatic N) is 2. The summed E-state index contributed by atoms with van der Waals surface area (Å²) in [5, 5.41) is 0. The van der Waals surface area contributed by atoms with Gasteiger partial charge in [0.25, 0.3) is 0 Å². The number of anilines is 1. The Bertz CT molecular complexity index is 656. The van der Waals surface area contributed by atoms with Gasteiger partial charge in [0.1, 0.15) is 0 Å². The number of benzene rings is 1. The third-order valence-electron chi connectivity index (χ3n) is 2.55. The van der Waals surface area contributed by atoms with E-state index in [0.29, 0.717) is 0 Å². The Labute approximate surface area is 153 Å². The van der Waals surface area contributed by atoms with Gasteiger partial charge < -0.3 is 5.73 Å². The van der Waals surface area contributed by atoms with Crippen molar-refractivity contribution in [1.82, 2.24) is 9.97 Å². The van der Waals surface area contributed by atoms with Gasteiger partial charge in [-0.1, -0.05) is 44.5 Å². The molecule has 0 amide bonds. The molecule has 0 fully saturated rings. The molecule has 0 aliphatic heterocycles. The molecule has 0 bridgehead atoms. The lowest BCUT2D eigenvalue weighted by Crippen LogP contribution is -1.84. The lowest BCUT2D eigenvalue weighted by Gasteiger charge is -1.99. The van der Waals surface area contributed by atoms with Crippen molar-refractivity contribution in [3.63, 3.8) is 0 Å². The zero-order valence-electron chi connectivity index (χ0n) is 12.1. The largest absolute Gasteiger partial charge is 0.398 e. The Morgan fingerprint density at radius 3 is 1.61 bits per heavy atom. The number of nitrogen functional groups attached to an aromatic ring is 1. The number of pyridine rings is 2. The van der Waals surface area contributed by atoms with Gasteiger partial charge in [-0.3, -0.25) is 9.97 Å². The van der Waals surface area contributed by atoms with Crippen molar-refractivity contribution in [2.75, 3.05) is 5.73 Å². The summed E-state index contributed by atoms with van der Waals surface area (Å²) < 4.78 is 0. The average molecular weight is 378 g/mol. The summed E-state index contributed by atoms with van der Waals surface area (Å²) in [5.41, 5.74) is 6.35. The monoisotopic (exact) mass is 377 g/mol. The van der Waals surface area contributed by atoms with Crippen molar-refractivity contribution in [2.24, 2.45) is 0 Å². The summed E-state index contributed by atoms with van der Waals surface area (Å²) in [6, 6.07) is 15.6. The minimum absolute atomic E-state index is 0.789. The summed E-state index contributed by atoms with van der Waals surface area (Å²) in [6.07, 6.45) is 7.20. The third kappa shape index (κ3) is 6.78. The Kier molecular flexibility index (Phi) is 8.24. The summed E-state index contributed by atoms with van der Waals surface area (Å²) >= 11 is 4.02. The smallest absolute Gasteiger partial charge is 0.0460 e. The van der Waals surface area contributed by atoms with Gasteiger partial charge in [0.05, 0.1) is 0 Å². The molecule has 3 nitrogen and oxygen atoms in total. The molecule has 2 heterocycles. The SMILES string of the molecule is Nc1ccccc1SS.c1cc(SSc2ccncc2)ccn1. The Balaban J connectivity index is 0.000000185. The highest BCUT2D eigenvalue weighted by Crippen LogP contribution is 2.36. The fourth-order valence-corrected chi connectivity index (χ4v) is 4.16. The van der Waals surface area contributed by atoms with E-state index >= 15 is 0 Å². The molecule has 3 rings (SSSR count). The first-order chi connectivity index (χ1) is 11.3. The molecule has 2 N–H and O–H groups in total. The molecule has 1 aromatic carbocycles. The molecular weight excluding hydrogens is 362 g/mol. The lowest BCUT2D eigenvalue weighted by atomic mass is 10.3. The number of rotatable bonds is 4. The molecule has 118 valence electrons. The van der Waals surface area contributed by atoms with E-state index in [-0.39, 0.29) is 0 Å². The molecule has 0 atom stereocenters. The maximum Gasteiger partial charge on any atom is 0.0460 e. The van der Waals surface area contributed by atoms with Crippen LogP contribution in [0, 0.1) is 0 Å². The standard InChI is InChI=1S/C10H8N2S2.C6H7NS2/c1-5-11-6-2-9(1)13-14-10-3-7-12-8-4-10;7-5-3-1-2-4-6(5)9-8/h1-8H;1-4,8H,7H2. The Morgan fingerprint density at radius 1 is 0.739 bits per heavy atom. The van der Waals surface area contributed by atoms with E-state index in [2.05, 4.69) is 21.6 Å². The highest BCUT2D eigenvalue weighted by Gasteiger charge is 1.95. The van der Waals surface area contributed by atoms with E-state index in [0.717, 1.165) is 10.6 Å². The molecular formula is C16H15N3S4. The molecule has 0 radical (unpaired) electrons. The number of thiol groups is 1. The maximum atomic E-state index is 5.56. The second-order valence-corrected chi connectivity index (χ2v) is 7.61. The summed E-state index contributed by atoms with van der Waals surface area (Å²) in [7, 11) is 4.81. The van der Waals surface area contributed by atoms with Gasteiger partial charge in [0, 0.05) is 45.2 Å². The third-order valence-corrected chi connectivity index (χ3v) is 6.13. The van der Waals surface area contributed by atoms with Crippen LogP contribution in [0.1, 0.15) is 0 Å². The van der Waals surface area contributed by atoms with Crippen LogP contribution in [0.15, 0.2) is 88.0 Å². The predicted molar refractivity (Wildman–Crippen MR) is 106 cm³/mol. The molecule has 2 aromatic heterocycles. The number of hydrogen-bond donors (Lipinski definition) is 2. The fraction of sp³-hybridized carbons (Fsp3) is 0. The van der Waals surface area contributed by atoms with Crippen molar-refractivity contribution < 1.29 is 0 Å². The predicted octanol–water partition coefficient (Wildman–Crippen LogP) is 5.48. The first-order valence-corrected chi connectivity index (χ1v) is 10.6. The van der Waals surface area contributed by atoms with Crippen LogP contribution in [0.4, 0.5) is 5.69 Å². The minimum atomic E-state index is 0.789. The molecule has 0 unspecified atom stereocenters. The van der Waals surface area contributed by atoms with Crippen LogP contribution in [0.3, 0.4) is 0 Å². The molecule has 3 aromatic rings. The molecule has 0 aliphatic carbocycles. The molecule has 0 spiro atoms. The van der Waals surface area contributed by atoms with Crippen LogP contribution >= 0.6 is 44.0 Å². The van der Waals surface area contributed by atoms with E-state index in [1.165, 1.54) is 20.6 Å². The van der Waals surface area contributed by atoms with Gasteiger partial charge in [0.15, 0.2) is 0 Å². The first kappa shape index (κ1) is 18.1. The highest BCUT2D eigenvalue weighted by atomic mass is 33.1. The van der Waals surface area contributed by atoms with Crippen LogP contribution in [-0.4, -0.2) is 9.97 Å². The fourth-order valence-electron chi connectivity index (χ4n) is 1.45. The van der Waals surface area contributed by atoms with Crippen LogP contribution in [0.2, 0.25) is 0 Å². The van der Waals surface area contributed by atoms with Gasteiger partial charge in [-0.2, -0.15) is 0 Å². The van der Waals surface area contributed by atoms with E-state index in [9.17, 15) is 0 Å². The second kappa shape index (κ2) is 10.5. The minimum Gasteiger partial charge on any atom is -0.398 e. The zero-order valence-corrected chi connectivity index (χ0v) is 15.4. The van der Waals surface area contributed by atoms with Crippen molar-refractivity contribution >= 4 is 49.7 Å². The quantitative estimate of drug-likeness (QED) is 0.357. The maximum absolute atomic E-state index is 5.56. The van der Waals surface area contributed by atoms with Gasteiger partial charge >= 0.3 is 0 Å². The molecule has 7 heteroatoms. The van der Waals surface area contributed by atoms with Crippen molar-refractivity contribution in [3.05, 3.63) is 73.3 Å².